The molecule has 25 heavy (non-hydrogen) atoms. The number of hydrogen-bond acceptors (Lipinski definition) is 8. The van der Waals surface area contributed by atoms with Gasteiger partial charge in [-0.25, -0.2) is 5.43 Å². The Bertz CT molecular complexity index is 726. The number of aliphatic hydroxyl groups is 1. The van der Waals surface area contributed by atoms with Crippen LogP contribution in [0.4, 0.5) is 11.5 Å². The van der Waals surface area contributed by atoms with Crippen LogP contribution in [-0.2, 0) is 9.47 Å². The average Bonchev–Trinajstić information content (AvgIpc) is 3.18. The minimum Gasteiger partial charge on any atom is -0.390 e. The maximum absolute atomic E-state index is 12.3. The fourth-order valence-electron chi connectivity index (χ4n) is 3.67. The number of nitrogens with one attached hydrogen (secondary N) is 2. The number of rotatable bonds is 4. The number of thioether (sulfide) groups is 1. The van der Waals surface area contributed by atoms with Gasteiger partial charge < -0.3 is 14.6 Å². The zero-order chi connectivity index (χ0) is 17.8. The van der Waals surface area contributed by atoms with E-state index in [1.807, 2.05) is 18.9 Å². The van der Waals surface area contributed by atoms with E-state index in [-0.39, 0.29) is 23.8 Å². The van der Waals surface area contributed by atoms with Gasteiger partial charge in [-0.2, -0.15) is 9.99 Å². The largest absolute Gasteiger partial charge is 0.390 e. The Balaban J connectivity index is 1.64. The third kappa shape index (κ3) is 2.91. The van der Waals surface area contributed by atoms with Gasteiger partial charge in [0.25, 0.3) is 5.56 Å². The minimum absolute atomic E-state index is 0.145. The summed E-state index contributed by atoms with van der Waals surface area (Å²) in [6.07, 6.45) is 0.244. The van der Waals surface area contributed by atoms with Crippen molar-refractivity contribution in [3.05, 3.63) is 10.4 Å². The van der Waals surface area contributed by atoms with Gasteiger partial charge in [-0.05, 0) is 20.3 Å². The highest BCUT2D eigenvalue weighted by molar-refractivity contribution is 7.99. The molecular formula is C15H24N5O4S+. The molecule has 10 heteroatoms. The third-order valence-corrected chi connectivity index (χ3v) is 5.76. The number of ether oxygens (including phenoxy) is 2. The molecule has 2 fully saturated rings. The van der Waals surface area contributed by atoms with Crippen molar-refractivity contribution in [1.29, 1.82) is 0 Å². The van der Waals surface area contributed by atoms with Gasteiger partial charge in [0.2, 0.25) is 11.5 Å². The normalized spacial score (nSPS) is 32.6. The molecule has 4 atom stereocenters. The molecule has 3 aliphatic rings. The number of aromatic nitrogens is 2. The quantitative estimate of drug-likeness (QED) is 0.320. The van der Waals surface area contributed by atoms with Crippen molar-refractivity contribution in [1.82, 2.24) is 9.97 Å². The molecule has 0 amide bonds. The Morgan fingerprint density at radius 3 is 2.96 bits per heavy atom. The number of nitrogens with zero attached hydrogens (tertiary/aromatic N) is 2. The second-order valence-corrected chi connectivity index (χ2v) is 8.12. The fourth-order valence-corrected chi connectivity index (χ4v) is 4.39. The molecule has 3 heterocycles. The van der Waals surface area contributed by atoms with Crippen LogP contribution in [0.25, 0.3) is 0 Å². The van der Waals surface area contributed by atoms with Crippen molar-refractivity contribution in [3.63, 3.8) is 0 Å². The van der Waals surface area contributed by atoms with Crippen LogP contribution in [0.1, 0.15) is 33.6 Å². The fraction of sp³-hybridized carbons (Fsp3) is 0.733. The van der Waals surface area contributed by atoms with E-state index in [0.29, 0.717) is 23.1 Å². The number of anilines is 2. The highest BCUT2D eigenvalue weighted by Crippen LogP contribution is 2.41. The molecule has 0 spiro atoms. The van der Waals surface area contributed by atoms with Crippen LogP contribution in [0.3, 0.4) is 0 Å². The monoisotopic (exact) mass is 370 g/mol. The summed E-state index contributed by atoms with van der Waals surface area (Å²) in [5.41, 5.74) is 4.97. The van der Waals surface area contributed by atoms with Gasteiger partial charge >= 0.3 is 0 Å². The topological polar surface area (TPSA) is 116 Å². The zero-order valence-corrected chi connectivity index (χ0v) is 15.3. The lowest BCUT2D eigenvalue weighted by molar-refractivity contribution is -0.637. The molecule has 5 N–H and O–H groups in total. The first-order valence-electron chi connectivity index (χ1n) is 8.58. The molecule has 9 nitrogen and oxygen atoms in total. The summed E-state index contributed by atoms with van der Waals surface area (Å²) >= 11 is 1.52. The van der Waals surface area contributed by atoms with Crippen LogP contribution < -0.4 is 21.5 Å². The number of hydrogen-bond donors (Lipinski definition) is 4. The number of aliphatic hydroxyl groups excluding tert-OH is 1. The predicted molar refractivity (Wildman–Crippen MR) is 92.1 cm³/mol. The van der Waals surface area contributed by atoms with Crippen LogP contribution in [0, 0.1) is 0 Å². The van der Waals surface area contributed by atoms with E-state index in [9.17, 15) is 9.90 Å². The lowest BCUT2D eigenvalue weighted by Gasteiger charge is -2.26. The average molecular weight is 370 g/mol. The van der Waals surface area contributed by atoms with E-state index >= 15 is 0 Å². The maximum Gasteiger partial charge on any atom is 0.282 e. The third-order valence-electron chi connectivity index (χ3n) is 4.68. The van der Waals surface area contributed by atoms with Gasteiger partial charge in [-0.3, -0.25) is 9.78 Å². The van der Waals surface area contributed by atoms with E-state index in [0.717, 1.165) is 12.2 Å². The number of nitrogens with two attached hydrogens (primary N) is 1. The van der Waals surface area contributed by atoms with Crippen LogP contribution in [0.15, 0.2) is 9.95 Å². The first-order chi connectivity index (χ1) is 11.9. The van der Waals surface area contributed by atoms with E-state index in [1.165, 1.54) is 11.8 Å². The van der Waals surface area contributed by atoms with Crippen molar-refractivity contribution >= 4 is 23.3 Å². The first kappa shape index (κ1) is 17.1. The molecule has 0 bridgehead atoms. The molecular weight excluding hydrogens is 346 g/mol. The summed E-state index contributed by atoms with van der Waals surface area (Å²) in [5.74, 6) is 0.736. The molecule has 1 aliphatic carbocycles. The molecule has 1 saturated heterocycles. The van der Waals surface area contributed by atoms with Crippen molar-refractivity contribution in [2.75, 3.05) is 16.2 Å². The molecule has 4 rings (SSSR count). The predicted octanol–water partition coefficient (Wildman–Crippen LogP) is -0.449. The molecule has 138 valence electrons. The first-order valence-corrected chi connectivity index (χ1v) is 9.57. The summed E-state index contributed by atoms with van der Waals surface area (Å²) in [4.78, 5) is 19.7. The highest BCUT2D eigenvalue weighted by Gasteiger charge is 2.57. The zero-order valence-electron chi connectivity index (χ0n) is 14.5. The summed E-state index contributed by atoms with van der Waals surface area (Å²) in [6, 6.07) is -0.145. The second-order valence-electron chi connectivity index (χ2n) is 7.03. The van der Waals surface area contributed by atoms with Crippen molar-refractivity contribution in [2.24, 2.45) is 0 Å². The van der Waals surface area contributed by atoms with E-state index < -0.39 is 11.9 Å². The van der Waals surface area contributed by atoms with Gasteiger partial charge in [-0.1, -0.05) is 18.7 Å². The SMILES string of the molecule is CCCSc1nc2c(c(=O)[nH]1)N[NH2+]N2C1CC(O)C2OC(C)(C)OC21. The summed E-state index contributed by atoms with van der Waals surface area (Å²) < 4.78 is 11.9. The highest BCUT2D eigenvalue weighted by atomic mass is 32.2. The maximum atomic E-state index is 12.3. The van der Waals surface area contributed by atoms with Crippen LogP contribution in [0.5, 0.6) is 0 Å². The lowest BCUT2D eigenvalue weighted by Crippen LogP contribution is -2.97. The number of aromatic amines is 1. The molecule has 1 aromatic rings. The molecule has 0 aromatic carbocycles. The molecule has 2 aliphatic heterocycles. The summed E-state index contributed by atoms with van der Waals surface area (Å²) in [6.45, 7) is 5.77. The Labute approximate surface area is 149 Å². The van der Waals surface area contributed by atoms with E-state index in [4.69, 9.17) is 9.47 Å². The standard InChI is InChI=1S/C15H23N5O4S/c1-4-5-25-14-16-12-9(13(22)17-14)18-19-20(12)7-6-8(21)11-10(7)23-15(2,3)24-11/h7-8,10-11,18-19,21H,4-6H2,1-3H3,(H,16,17,22)/p+1. The Morgan fingerprint density at radius 1 is 1.44 bits per heavy atom. The van der Waals surface area contributed by atoms with Crippen molar-refractivity contribution in [3.8, 4) is 0 Å². The molecule has 0 radical (unpaired) electrons. The number of nitrogen functional groups attached to an aromatic ring is 1. The minimum atomic E-state index is -0.727. The molecule has 1 saturated carbocycles. The summed E-state index contributed by atoms with van der Waals surface area (Å²) in [5, 5.41) is 12.9. The van der Waals surface area contributed by atoms with Crippen LogP contribution in [-0.4, -0.2) is 51.0 Å². The Morgan fingerprint density at radius 2 is 2.20 bits per heavy atom. The molecule has 1 aromatic heterocycles. The van der Waals surface area contributed by atoms with Gasteiger partial charge in [0.1, 0.15) is 18.2 Å². The van der Waals surface area contributed by atoms with E-state index in [1.54, 1.807) is 5.53 Å². The smallest absolute Gasteiger partial charge is 0.282 e. The number of quaternary nitrogens is 1. The lowest BCUT2D eigenvalue weighted by atomic mass is 10.2. The Kier molecular flexibility index (Phi) is 4.19. The van der Waals surface area contributed by atoms with Crippen molar-refractivity contribution in [2.45, 2.75) is 68.9 Å². The molecule has 4 unspecified atom stereocenters. The van der Waals surface area contributed by atoms with E-state index in [2.05, 4.69) is 22.3 Å². The second kappa shape index (κ2) is 6.13. The van der Waals surface area contributed by atoms with Gasteiger partial charge in [0, 0.05) is 12.2 Å². The summed E-state index contributed by atoms with van der Waals surface area (Å²) in [7, 11) is 0. The Hall–Kier alpha value is -1.33. The van der Waals surface area contributed by atoms with Gasteiger partial charge in [0.05, 0.1) is 6.10 Å². The van der Waals surface area contributed by atoms with Gasteiger partial charge in [0.15, 0.2) is 10.9 Å². The van der Waals surface area contributed by atoms with Crippen molar-refractivity contribution < 1.29 is 20.1 Å². The van der Waals surface area contributed by atoms with Gasteiger partial charge in [-0.15, -0.1) is 5.53 Å². The number of fused-ring (bicyclic) bond motifs is 2. The van der Waals surface area contributed by atoms with Crippen LogP contribution in [0.2, 0.25) is 0 Å². The number of H-pyrrole nitrogens is 1. The van der Waals surface area contributed by atoms with Crippen LogP contribution >= 0.6 is 11.8 Å².